The van der Waals surface area contributed by atoms with Crippen LogP contribution in [0.4, 0.5) is 23.2 Å². The summed E-state index contributed by atoms with van der Waals surface area (Å²) in [5, 5.41) is 12.9. The Balaban J connectivity index is 1.43. The third-order valence-electron chi connectivity index (χ3n) is 7.92. The van der Waals surface area contributed by atoms with Crippen molar-refractivity contribution in [3.63, 3.8) is 0 Å². The lowest BCUT2D eigenvalue weighted by atomic mass is 9.95. The van der Waals surface area contributed by atoms with Crippen molar-refractivity contribution in [3.8, 4) is 11.1 Å². The Kier molecular flexibility index (Phi) is 8.61. The number of carbonyl (C=O) groups is 2. The van der Waals surface area contributed by atoms with E-state index in [-0.39, 0.29) is 36.4 Å². The predicted molar refractivity (Wildman–Crippen MR) is 157 cm³/mol. The number of nitrogens with one attached hydrogen (secondary N) is 1. The quantitative estimate of drug-likeness (QED) is 0.295. The first kappa shape index (κ1) is 31.6. The first-order chi connectivity index (χ1) is 21.3. The van der Waals surface area contributed by atoms with Gasteiger partial charge in [0, 0.05) is 49.0 Å². The van der Waals surface area contributed by atoms with Crippen molar-refractivity contribution in [3.05, 3.63) is 87.5 Å². The van der Waals surface area contributed by atoms with E-state index in [2.05, 4.69) is 15.3 Å². The van der Waals surface area contributed by atoms with Crippen molar-refractivity contribution < 1.29 is 37.0 Å². The average Bonchev–Trinajstić information content (AvgIpc) is 2.99. The molecular formula is C31H29F4N5O5. The lowest BCUT2D eigenvalue weighted by molar-refractivity contribution is -0.167. The van der Waals surface area contributed by atoms with E-state index in [0.29, 0.717) is 33.4 Å². The number of alkyl halides is 3. The Hall–Kier alpha value is -4.85. The highest BCUT2D eigenvalue weighted by atomic mass is 19.4. The van der Waals surface area contributed by atoms with Crippen LogP contribution in [0, 0.1) is 19.7 Å². The van der Waals surface area contributed by atoms with Crippen molar-refractivity contribution in [2.75, 3.05) is 24.7 Å². The van der Waals surface area contributed by atoms with Crippen LogP contribution in [-0.2, 0) is 23.0 Å². The Labute approximate surface area is 254 Å². The van der Waals surface area contributed by atoms with Gasteiger partial charge in [-0.1, -0.05) is 18.2 Å². The van der Waals surface area contributed by atoms with Crippen molar-refractivity contribution in [1.82, 2.24) is 19.9 Å². The molecule has 0 aliphatic carbocycles. The van der Waals surface area contributed by atoms with E-state index >= 15 is 4.39 Å². The minimum absolute atomic E-state index is 0.0134. The summed E-state index contributed by atoms with van der Waals surface area (Å²) in [6.07, 6.45) is -1.86. The second-order valence-corrected chi connectivity index (χ2v) is 10.8. The highest BCUT2D eigenvalue weighted by molar-refractivity contribution is 5.99. The molecule has 4 aromatic rings. The van der Waals surface area contributed by atoms with Crippen molar-refractivity contribution in [2.45, 2.75) is 38.5 Å². The number of ether oxygens (including phenoxy) is 1. The summed E-state index contributed by atoms with van der Waals surface area (Å²) in [5.41, 5.74) is 0.898. The number of amides is 1. The van der Waals surface area contributed by atoms with E-state index in [1.54, 1.807) is 38.2 Å². The molecule has 0 unspecified atom stereocenters. The summed E-state index contributed by atoms with van der Waals surface area (Å²) in [4.78, 5) is 48.1. The maximum absolute atomic E-state index is 15.3. The maximum atomic E-state index is 15.3. The van der Waals surface area contributed by atoms with E-state index in [4.69, 9.17) is 4.74 Å². The fourth-order valence-corrected chi connectivity index (χ4v) is 5.45. The topological polar surface area (TPSA) is 127 Å². The van der Waals surface area contributed by atoms with E-state index in [1.165, 1.54) is 30.0 Å². The number of carboxylic acids is 1. The molecule has 2 aromatic heterocycles. The van der Waals surface area contributed by atoms with Crippen molar-refractivity contribution >= 4 is 28.5 Å². The van der Waals surface area contributed by atoms with Crippen LogP contribution in [0.15, 0.2) is 53.6 Å². The molecule has 14 heteroatoms. The number of fused-ring (bicyclic) bond motifs is 1. The van der Waals surface area contributed by atoms with E-state index in [9.17, 15) is 32.7 Å². The molecule has 1 saturated heterocycles. The molecule has 236 valence electrons. The molecule has 2 N–H and O–H groups in total. The smallest absolute Gasteiger partial charge is 0.411 e. The van der Waals surface area contributed by atoms with Crippen LogP contribution in [0.2, 0.25) is 0 Å². The first-order valence-electron chi connectivity index (χ1n) is 13.9. The molecule has 0 spiro atoms. The summed E-state index contributed by atoms with van der Waals surface area (Å²) >= 11 is 0. The third-order valence-corrected chi connectivity index (χ3v) is 7.92. The minimum atomic E-state index is -4.63. The maximum Gasteiger partial charge on any atom is 0.411 e. The van der Waals surface area contributed by atoms with Crippen LogP contribution < -0.4 is 15.8 Å². The molecule has 3 heterocycles. The van der Waals surface area contributed by atoms with Gasteiger partial charge < -0.3 is 20.1 Å². The normalized spacial score (nSPS) is 16.1. The van der Waals surface area contributed by atoms with Gasteiger partial charge in [-0.2, -0.15) is 13.2 Å². The third kappa shape index (κ3) is 6.23. The highest BCUT2D eigenvalue weighted by Gasteiger charge is 2.45. The summed E-state index contributed by atoms with van der Waals surface area (Å²) in [6.45, 7) is 2.32. The van der Waals surface area contributed by atoms with Crippen LogP contribution in [-0.4, -0.2) is 69.5 Å². The molecule has 1 aliphatic heterocycles. The van der Waals surface area contributed by atoms with Gasteiger partial charge in [0.2, 0.25) is 0 Å². The van der Waals surface area contributed by atoms with Gasteiger partial charge in [-0.25, -0.2) is 14.2 Å². The van der Waals surface area contributed by atoms with Crippen LogP contribution in [0.3, 0.4) is 0 Å². The molecule has 1 aliphatic rings. The number of pyridine rings is 1. The number of carboxylic acid groups (broad SMARTS) is 1. The lowest BCUT2D eigenvalue weighted by Gasteiger charge is -2.38. The van der Waals surface area contributed by atoms with Crippen LogP contribution in [0.25, 0.3) is 22.0 Å². The lowest BCUT2D eigenvalue weighted by Crippen LogP contribution is -2.53. The van der Waals surface area contributed by atoms with Crippen molar-refractivity contribution in [2.24, 2.45) is 7.05 Å². The van der Waals surface area contributed by atoms with Gasteiger partial charge in [0.1, 0.15) is 23.7 Å². The molecular weight excluding hydrogens is 598 g/mol. The van der Waals surface area contributed by atoms with Crippen LogP contribution in [0.1, 0.15) is 27.3 Å². The molecule has 0 bridgehead atoms. The monoisotopic (exact) mass is 627 g/mol. The van der Waals surface area contributed by atoms with E-state index in [1.807, 2.05) is 0 Å². The zero-order chi connectivity index (χ0) is 32.6. The number of hydrogen-bond acceptors (Lipinski definition) is 7. The first-order valence-corrected chi connectivity index (χ1v) is 13.9. The molecule has 5 rings (SSSR count). The molecule has 1 fully saturated rings. The van der Waals surface area contributed by atoms with E-state index in [0.717, 1.165) is 11.0 Å². The zero-order valence-electron chi connectivity index (χ0n) is 24.5. The molecule has 1 amide bonds. The Bertz CT molecular complexity index is 1840. The largest absolute Gasteiger partial charge is 0.480 e. The number of rotatable bonds is 7. The number of aryl methyl sites for hydroxylation is 2. The zero-order valence-corrected chi connectivity index (χ0v) is 24.5. The van der Waals surface area contributed by atoms with Gasteiger partial charge in [-0.15, -0.1) is 0 Å². The van der Waals surface area contributed by atoms with Gasteiger partial charge in [-0.3, -0.25) is 19.1 Å². The minimum Gasteiger partial charge on any atom is -0.480 e. The number of aliphatic carboxylic acids is 1. The highest BCUT2D eigenvalue weighted by Crippen LogP contribution is 2.33. The summed E-state index contributed by atoms with van der Waals surface area (Å²) in [5.74, 6) is -3.00. The summed E-state index contributed by atoms with van der Waals surface area (Å²) in [7, 11) is 1.60. The van der Waals surface area contributed by atoms with Crippen LogP contribution in [0.5, 0.6) is 0 Å². The Morgan fingerprint density at radius 3 is 2.60 bits per heavy atom. The van der Waals surface area contributed by atoms with Gasteiger partial charge in [0.15, 0.2) is 0 Å². The number of hydrogen-bond donors (Lipinski definition) is 2. The molecule has 0 radical (unpaired) electrons. The molecule has 0 saturated carbocycles. The number of carbonyl (C=O) groups excluding carboxylic acids is 1. The number of aromatic nitrogens is 3. The van der Waals surface area contributed by atoms with Gasteiger partial charge in [-0.05, 0) is 43.2 Å². The van der Waals surface area contributed by atoms with Gasteiger partial charge in [0.05, 0.1) is 29.9 Å². The molecule has 45 heavy (non-hydrogen) atoms. The van der Waals surface area contributed by atoms with Crippen LogP contribution >= 0.6 is 0 Å². The number of benzene rings is 2. The molecule has 2 atom stereocenters. The number of halogens is 4. The second kappa shape index (κ2) is 12.3. The van der Waals surface area contributed by atoms with Crippen molar-refractivity contribution in [1.29, 1.82) is 0 Å². The fourth-order valence-electron chi connectivity index (χ4n) is 5.45. The number of nitrogens with zero attached hydrogens (tertiary/aromatic N) is 4. The van der Waals surface area contributed by atoms with Gasteiger partial charge >= 0.3 is 12.1 Å². The standard InChI is InChI=1S/C31H29F4N5O5/c1-16-11-19(40-9-10-45-15-25(40)31(33,34)35)13-23(32)26(16)28(41)38-24(30(43)44)12-18-6-7-21(27-20(18)5-4-8-36-27)22-14-37-17(2)39(3)29(22)42/h4-8,11,13-14,24-25H,9-10,12,15H2,1-3H3,(H,38,41)(H,43,44)/t24-,25+/m0/s1. The van der Waals surface area contributed by atoms with Gasteiger partial charge in [0.25, 0.3) is 11.5 Å². The molecule has 2 aromatic carbocycles. The number of anilines is 1. The summed E-state index contributed by atoms with van der Waals surface area (Å²) < 4.78 is 62.4. The van der Waals surface area contributed by atoms with E-state index < -0.39 is 48.1 Å². The Morgan fingerprint density at radius 1 is 1.16 bits per heavy atom. The fraction of sp³-hybridized carbons (Fsp3) is 0.323. The number of morpholine rings is 1. The second-order valence-electron chi connectivity index (χ2n) is 10.8. The predicted octanol–water partition coefficient (Wildman–Crippen LogP) is 3.94. The average molecular weight is 628 g/mol. The molecule has 10 nitrogen and oxygen atoms in total. The SMILES string of the molecule is Cc1cc(N2CCOC[C@@H]2C(F)(F)F)cc(F)c1C(=O)N[C@@H](Cc1ccc(-c2cnc(C)n(C)c2=O)c2ncccc12)C(=O)O. The Morgan fingerprint density at radius 2 is 1.91 bits per heavy atom. The summed E-state index contributed by atoms with van der Waals surface area (Å²) in [6, 6.07) is 5.21.